The molecule has 0 unspecified atom stereocenters. The topological polar surface area (TPSA) is 112 Å². The first-order chi connectivity index (χ1) is 21.0. The first kappa shape index (κ1) is 31.2. The maximum Gasteiger partial charge on any atom is 0.326 e. The zero-order chi connectivity index (χ0) is 31.5. The molecule has 1 saturated heterocycles. The highest BCUT2D eigenvalue weighted by Crippen LogP contribution is 2.46. The predicted molar refractivity (Wildman–Crippen MR) is 167 cm³/mol. The first-order valence-corrected chi connectivity index (χ1v) is 14.8. The number of benzene rings is 3. The third kappa shape index (κ3) is 6.61. The molecule has 1 N–H and O–H groups in total. The number of carbonyl (C=O) groups is 3. The minimum Gasteiger partial charge on any atom is -0.497 e. The highest BCUT2D eigenvalue weighted by molar-refractivity contribution is 6.30. The standard InChI is InChI=1S/C32H32Cl2N4O6/c1-19(2)44-26-16-24(43-3)12-13-25(26)31-35-29(20-4-8-22(33)9-5-20)30(21-6-10-23(34)11-7-21)38(31)32(42)37-15-14-36(18-28(40)41)27(39)17-37/h4-13,16,19,29-30H,14-15,17-18H2,1-3H3,(H,40,41)/t29-,30+/m0/s1. The number of rotatable bonds is 8. The number of carboxylic acids is 1. The van der Waals surface area contributed by atoms with Crippen LogP contribution in [-0.4, -0.2) is 82.9 Å². The van der Waals surface area contributed by atoms with E-state index in [0.29, 0.717) is 32.9 Å². The summed E-state index contributed by atoms with van der Waals surface area (Å²) >= 11 is 12.5. The van der Waals surface area contributed by atoms with Crippen LogP contribution >= 0.6 is 23.2 Å². The third-order valence-corrected chi connectivity index (χ3v) is 7.91. The van der Waals surface area contributed by atoms with Crippen LogP contribution in [0.3, 0.4) is 0 Å². The van der Waals surface area contributed by atoms with E-state index in [0.717, 1.165) is 11.1 Å². The maximum absolute atomic E-state index is 14.6. The molecule has 10 nitrogen and oxygen atoms in total. The van der Waals surface area contributed by atoms with Crippen molar-refractivity contribution in [3.05, 3.63) is 93.5 Å². The number of nitrogens with zero attached hydrogens (tertiary/aromatic N) is 4. The summed E-state index contributed by atoms with van der Waals surface area (Å²) in [4.78, 5) is 48.2. The summed E-state index contributed by atoms with van der Waals surface area (Å²) in [6, 6.07) is 18.2. The van der Waals surface area contributed by atoms with Crippen LogP contribution < -0.4 is 9.47 Å². The van der Waals surface area contributed by atoms with E-state index in [9.17, 15) is 19.5 Å². The number of hydrogen-bond acceptors (Lipinski definition) is 6. The zero-order valence-electron chi connectivity index (χ0n) is 24.4. The number of piperazine rings is 1. The van der Waals surface area contributed by atoms with E-state index in [1.807, 2.05) is 38.1 Å². The van der Waals surface area contributed by atoms with E-state index in [-0.39, 0.29) is 25.7 Å². The molecule has 0 aromatic heterocycles. The van der Waals surface area contributed by atoms with E-state index in [1.54, 1.807) is 54.5 Å². The smallest absolute Gasteiger partial charge is 0.326 e. The van der Waals surface area contributed by atoms with Crippen LogP contribution in [0.15, 0.2) is 71.7 Å². The van der Waals surface area contributed by atoms with Gasteiger partial charge < -0.3 is 24.4 Å². The van der Waals surface area contributed by atoms with Gasteiger partial charge in [-0.05, 0) is 61.4 Å². The fraction of sp³-hybridized carbons (Fsp3) is 0.312. The van der Waals surface area contributed by atoms with Crippen molar-refractivity contribution >= 4 is 46.9 Å². The number of halogens is 2. The summed E-state index contributed by atoms with van der Waals surface area (Å²) in [6.07, 6.45) is -0.189. The van der Waals surface area contributed by atoms with E-state index >= 15 is 0 Å². The Morgan fingerprint density at radius 2 is 1.61 bits per heavy atom. The Labute approximate surface area is 265 Å². The van der Waals surface area contributed by atoms with Crippen LogP contribution in [0.1, 0.15) is 42.6 Å². The molecule has 0 bridgehead atoms. The first-order valence-electron chi connectivity index (χ1n) is 14.1. The van der Waals surface area contributed by atoms with Gasteiger partial charge in [0.25, 0.3) is 0 Å². The van der Waals surface area contributed by atoms with Crippen LogP contribution in [0.5, 0.6) is 11.5 Å². The molecule has 12 heteroatoms. The summed E-state index contributed by atoms with van der Waals surface area (Å²) in [6.45, 7) is 3.35. The lowest BCUT2D eigenvalue weighted by Gasteiger charge is -2.38. The zero-order valence-corrected chi connectivity index (χ0v) is 26.0. The molecule has 230 valence electrons. The van der Waals surface area contributed by atoms with Crippen molar-refractivity contribution in [3.63, 3.8) is 0 Å². The normalized spacial score (nSPS) is 18.5. The second-order valence-corrected chi connectivity index (χ2v) is 11.6. The molecule has 3 aromatic carbocycles. The number of hydrogen-bond donors (Lipinski definition) is 1. The Kier molecular flexibility index (Phi) is 9.31. The van der Waals surface area contributed by atoms with Gasteiger partial charge in [0.05, 0.1) is 24.8 Å². The SMILES string of the molecule is COc1ccc(C2=N[C@@H](c3ccc(Cl)cc3)[C@@H](c3ccc(Cl)cc3)N2C(=O)N2CCN(CC(=O)O)C(=O)C2)c(OC(C)C)c1. The second-order valence-electron chi connectivity index (χ2n) is 10.8. The Morgan fingerprint density at radius 3 is 2.18 bits per heavy atom. The van der Waals surface area contributed by atoms with Crippen LogP contribution in [0, 0.1) is 0 Å². The number of aliphatic imine (C=N–C) groups is 1. The van der Waals surface area contributed by atoms with E-state index in [2.05, 4.69) is 0 Å². The van der Waals surface area contributed by atoms with Crippen molar-refractivity contribution in [1.29, 1.82) is 0 Å². The molecule has 3 aromatic rings. The molecule has 0 spiro atoms. The van der Waals surface area contributed by atoms with Crippen LogP contribution in [0.4, 0.5) is 4.79 Å². The monoisotopic (exact) mass is 638 g/mol. The van der Waals surface area contributed by atoms with Crippen molar-refractivity contribution in [2.24, 2.45) is 4.99 Å². The highest BCUT2D eigenvalue weighted by atomic mass is 35.5. The molecule has 2 aliphatic rings. The number of carbonyl (C=O) groups excluding carboxylic acids is 2. The van der Waals surface area contributed by atoms with E-state index in [1.165, 1.54) is 9.80 Å². The fourth-order valence-electron chi connectivity index (χ4n) is 5.37. The average Bonchev–Trinajstić information content (AvgIpc) is 3.38. The van der Waals surface area contributed by atoms with Crippen molar-refractivity contribution in [3.8, 4) is 11.5 Å². The molecular weight excluding hydrogens is 607 g/mol. The average molecular weight is 640 g/mol. The van der Waals surface area contributed by atoms with Crippen molar-refractivity contribution in [1.82, 2.24) is 14.7 Å². The van der Waals surface area contributed by atoms with E-state index < -0.39 is 36.5 Å². The summed E-state index contributed by atoms with van der Waals surface area (Å²) in [5.74, 6) is -0.156. The minimum absolute atomic E-state index is 0.0909. The van der Waals surface area contributed by atoms with Gasteiger partial charge in [-0.1, -0.05) is 47.5 Å². The van der Waals surface area contributed by atoms with Gasteiger partial charge in [-0.3, -0.25) is 19.5 Å². The number of urea groups is 1. The lowest BCUT2D eigenvalue weighted by Crippen LogP contribution is -2.57. The lowest BCUT2D eigenvalue weighted by atomic mass is 9.93. The molecule has 0 aliphatic carbocycles. The molecule has 3 amide bonds. The van der Waals surface area contributed by atoms with Gasteiger partial charge in [-0.25, -0.2) is 4.79 Å². The quantitative estimate of drug-likeness (QED) is 0.340. The number of carboxylic acid groups (broad SMARTS) is 1. The Morgan fingerprint density at radius 1 is 0.977 bits per heavy atom. The number of ether oxygens (including phenoxy) is 2. The molecule has 2 heterocycles. The van der Waals surface area contributed by atoms with Gasteiger partial charge in [-0.2, -0.15) is 0 Å². The van der Waals surface area contributed by atoms with Crippen LogP contribution in [-0.2, 0) is 9.59 Å². The largest absolute Gasteiger partial charge is 0.497 e. The Balaban J connectivity index is 1.65. The molecular formula is C32H32Cl2N4O6. The summed E-state index contributed by atoms with van der Waals surface area (Å²) in [5.41, 5.74) is 2.17. The van der Waals surface area contributed by atoms with Crippen molar-refractivity contribution in [2.75, 3.05) is 33.3 Å². The van der Waals surface area contributed by atoms with Gasteiger partial charge in [0, 0.05) is 29.2 Å². The minimum atomic E-state index is -1.11. The molecule has 0 saturated carbocycles. The summed E-state index contributed by atoms with van der Waals surface area (Å²) in [5, 5.41) is 10.3. The number of amidine groups is 1. The molecule has 5 rings (SSSR count). The van der Waals surface area contributed by atoms with Crippen molar-refractivity contribution in [2.45, 2.75) is 32.0 Å². The van der Waals surface area contributed by atoms with Crippen molar-refractivity contribution < 1.29 is 29.0 Å². The predicted octanol–water partition coefficient (Wildman–Crippen LogP) is 5.68. The molecule has 2 atom stereocenters. The van der Waals surface area contributed by atoms with Gasteiger partial charge in [0.15, 0.2) is 0 Å². The van der Waals surface area contributed by atoms with Gasteiger partial charge in [0.1, 0.15) is 36.5 Å². The van der Waals surface area contributed by atoms with Gasteiger partial charge in [-0.15, -0.1) is 0 Å². The lowest BCUT2D eigenvalue weighted by molar-refractivity contribution is -0.146. The van der Waals surface area contributed by atoms with E-state index in [4.69, 9.17) is 37.7 Å². The second kappa shape index (κ2) is 13.2. The molecule has 44 heavy (non-hydrogen) atoms. The molecule has 2 aliphatic heterocycles. The Hall–Kier alpha value is -4.28. The summed E-state index contributed by atoms with van der Waals surface area (Å²) < 4.78 is 11.7. The number of amides is 3. The van der Waals surface area contributed by atoms with Gasteiger partial charge >= 0.3 is 12.0 Å². The third-order valence-electron chi connectivity index (χ3n) is 7.40. The Bertz CT molecular complexity index is 1580. The number of methoxy groups -OCH3 is 1. The number of aliphatic carboxylic acids is 1. The maximum atomic E-state index is 14.6. The molecule has 1 fully saturated rings. The van der Waals surface area contributed by atoms with Gasteiger partial charge in [0.2, 0.25) is 5.91 Å². The van der Waals surface area contributed by atoms with Crippen LogP contribution in [0.2, 0.25) is 10.0 Å². The van der Waals surface area contributed by atoms with Crippen LogP contribution in [0.25, 0.3) is 0 Å². The highest BCUT2D eigenvalue weighted by Gasteiger charge is 2.45. The molecule has 0 radical (unpaired) electrons. The summed E-state index contributed by atoms with van der Waals surface area (Å²) in [7, 11) is 1.56. The fourth-order valence-corrected chi connectivity index (χ4v) is 5.63.